The van der Waals surface area contributed by atoms with Crippen LogP contribution in [0.25, 0.3) is 10.9 Å². The SMILES string of the molecule is CSCCC(CC(=O)C(CC(C)C)NC(=O)C(Cc1cnc[nH]1)NC(=O)CNC(=O)C(NC(=O)C(C)NC(=O)C(Cc1c[nH]c2ccccc12)NC(=O)C(CCC(N)=O)NC(=O)C(CC(N)=O)NC(=O)CNC(=O)C(CC(C)C)NC(=O)C(CCCCNCCn1cc(C[C@H](N)C(=O)O)nn1)NC(=O)C(CCC(N)=O)NC(=O)C1CCC(=O)N1)C(C)C)C(N)=O.[C-]#[O+].[C-]#[O+].[C-]#[O+].[Tc]. The van der Waals surface area contributed by atoms with Crippen LogP contribution in [-0.4, -0.2) is 258 Å². The van der Waals surface area contributed by atoms with Crippen molar-refractivity contribution in [3.8, 4) is 0 Å². The summed E-state index contributed by atoms with van der Waals surface area (Å²) in [6.45, 7) is 24.4. The molecule has 1 aromatic carbocycles. The predicted molar refractivity (Wildman–Crippen MR) is 464 cm³/mol. The van der Waals surface area contributed by atoms with Gasteiger partial charge < -0.3 is 118 Å². The Hall–Kier alpha value is -12.6. The summed E-state index contributed by atoms with van der Waals surface area (Å²) in [4.78, 5) is 265. The number of carboxylic acid groups (broad SMARTS) is 1. The number of thioether (sulfide) groups is 1. The van der Waals surface area contributed by atoms with Crippen molar-refractivity contribution in [2.75, 3.05) is 38.2 Å². The molecule has 1 saturated heterocycles. The first kappa shape index (κ1) is 117. The van der Waals surface area contributed by atoms with E-state index in [0.29, 0.717) is 66.1 Å². The van der Waals surface area contributed by atoms with E-state index < -0.39 is 229 Å². The van der Waals surface area contributed by atoms with Gasteiger partial charge in [-0.3, -0.25) is 95.8 Å². The third-order valence-electron chi connectivity index (χ3n) is 20.1. The van der Waals surface area contributed by atoms with Crippen molar-refractivity contribution in [3.05, 3.63) is 86.1 Å². The van der Waals surface area contributed by atoms with Gasteiger partial charge in [0.05, 0.1) is 44.1 Å². The molecule has 4 heterocycles. The van der Waals surface area contributed by atoms with E-state index in [1.54, 1.807) is 64.4 Å². The van der Waals surface area contributed by atoms with E-state index in [1.165, 1.54) is 35.9 Å². The number of nitrogens with zero attached hydrogens (tertiary/aromatic N) is 4. The number of aliphatic carboxylic acids is 1. The van der Waals surface area contributed by atoms with Crippen LogP contribution in [0.2, 0.25) is 0 Å². The summed E-state index contributed by atoms with van der Waals surface area (Å²) >= 11 is 1.47. The van der Waals surface area contributed by atoms with E-state index >= 15 is 0 Å². The van der Waals surface area contributed by atoms with Gasteiger partial charge in [0.15, 0.2) is 5.78 Å². The summed E-state index contributed by atoms with van der Waals surface area (Å²) in [5.74, 6) is -18.3. The van der Waals surface area contributed by atoms with Crippen LogP contribution in [0, 0.1) is 43.6 Å². The van der Waals surface area contributed by atoms with Gasteiger partial charge in [-0.05, 0) is 113 Å². The van der Waals surface area contributed by atoms with Crippen LogP contribution in [0.5, 0.6) is 0 Å². The van der Waals surface area contributed by atoms with Crippen LogP contribution in [-0.2, 0) is 151 Å². The van der Waals surface area contributed by atoms with Crippen molar-refractivity contribution in [3.63, 3.8) is 0 Å². The fourth-order valence-corrected chi connectivity index (χ4v) is 13.8. The number of carbonyl (C=O) groups excluding carboxylic acids is 18. The summed E-state index contributed by atoms with van der Waals surface area (Å²) in [6.07, 6.45) is 5.47. The van der Waals surface area contributed by atoms with E-state index in [2.05, 4.69) is 120 Å². The molecule has 13 atom stereocenters. The number of aromatic nitrogens is 6. The molecule has 0 aliphatic carbocycles. The number of aromatic amines is 2. The average molecular weight is 1960 g/mol. The maximum atomic E-state index is 14.7. The number of ketones is 1. The Kier molecular flexibility index (Phi) is 55.7. The summed E-state index contributed by atoms with van der Waals surface area (Å²) in [6, 6.07) is -10.1. The third-order valence-corrected chi connectivity index (χ3v) is 20.7. The largest absolute Gasteiger partial charge is 0 e. The van der Waals surface area contributed by atoms with Gasteiger partial charge in [0, 0.05) is 113 Å². The Morgan fingerprint density at radius 3 is 1.65 bits per heavy atom. The van der Waals surface area contributed by atoms with Gasteiger partial charge in [-0.2, -0.15) is 11.8 Å². The summed E-state index contributed by atoms with van der Waals surface area (Å²) in [5.41, 5.74) is 29.7. The molecule has 1 aliphatic heterocycles. The molecule has 48 nitrogen and oxygen atoms in total. The van der Waals surface area contributed by atoms with Crippen molar-refractivity contribution in [1.82, 2.24) is 104 Å². The molecule has 27 N–H and O–H groups in total. The third kappa shape index (κ3) is 43.9. The maximum Gasteiger partial charge on any atom is 0 e. The smallest absolute Gasteiger partial charge is 0 e. The quantitative estimate of drug-likeness (QED) is 0.0111. The number of unbranched alkanes of at least 4 members (excludes halogenated alkanes) is 1. The van der Waals surface area contributed by atoms with Gasteiger partial charge in [-0.15, -0.1) is 5.10 Å². The van der Waals surface area contributed by atoms with Gasteiger partial charge in [0.2, 0.25) is 100 Å². The molecule has 1 fully saturated rings. The van der Waals surface area contributed by atoms with Crippen molar-refractivity contribution < 1.29 is 130 Å². The zero-order valence-corrected chi connectivity index (χ0v) is 77.2. The Morgan fingerprint density at radius 2 is 1.11 bits per heavy atom. The Balaban J connectivity index is 0.0000122. The molecule has 3 aromatic heterocycles. The monoisotopic (exact) mass is 1950 g/mol. The molecule has 5 rings (SSSR count). The summed E-state index contributed by atoms with van der Waals surface area (Å²) in [5, 5.41) is 53.7. The van der Waals surface area contributed by atoms with E-state index in [-0.39, 0.29) is 109 Å². The second-order valence-electron chi connectivity index (χ2n) is 31.9. The fraction of sp³-hybridized carbons (Fsp3) is 0.573. The van der Waals surface area contributed by atoms with Crippen LogP contribution in [0.3, 0.4) is 0 Å². The number of hydrogen-bond acceptors (Lipinski definition) is 25. The molecule has 0 saturated carbocycles. The van der Waals surface area contributed by atoms with E-state index in [1.807, 2.05) is 20.1 Å². The minimum Gasteiger partial charge on any atom is 0 e. The minimum atomic E-state index is -1.90. The number of hydrogen-bond donors (Lipinski definition) is 22. The minimum absolute atomic E-state index is 0. The molecule has 17 amide bonds. The fourth-order valence-electron chi connectivity index (χ4n) is 13.2. The van der Waals surface area contributed by atoms with Crippen molar-refractivity contribution in [2.24, 2.45) is 52.3 Å². The zero-order valence-electron chi connectivity index (χ0n) is 74.5. The van der Waals surface area contributed by atoms with E-state index in [9.17, 15) is 91.1 Å². The first-order valence-electron chi connectivity index (χ1n) is 41.9. The molecule has 0 bridgehead atoms. The topological polar surface area (TPSA) is 778 Å². The molecule has 1 radical (unpaired) electrons. The van der Waals surface area contributed by atoms with Crippen LogP contribution in [0.1, 0.15) is 155 Å². The number of H-pyrrole nitrogens is 2. The molecule has 132 heavy (non-hydrogen) atoms. The molecule has 12 unspecified atom stereocenters. The number of benzene rings is 1. The molecule has 0 spiro atoms. The predicted octanol–water partition coefficient (Wildman–Crippen LogP) is -6.09. The number of carboxylic acids is 1. The second-order valence-corrected chi connectivity index (χ2v) is 32.9. The van der Waals surface area contributed by atoms with Crippen LogP contribution < -0.4 is 103 Å². The zero-order chi connectivity index (χ0) is 98.7. The number of imidazole rings is 1. The Morgan fingerprint density at radius 1 is 0.576 bits per heavy atom. The van der Waals surface area contributed by atoms with Crippen molar-refractivity contribution in [2.45, 2.75) is 237 Å². The normalized spacial score (nSPS) is 14.6. The van der Waals surface area contributed by atoms with Crippen molar-refractivity contribution >= 4 is 135 Å². The second kappa shape index (κ2) is 62.6. The number of rotatable bonds is 59. The first-order chi connectivity index (χ1) is 62.1. The Labute approximate surface area is 778 Å². The van der Waals surface area contributed by atoms with Crippen LogP contribution in [0.15, 0.2) is 49.2 Å². The van der Waals surface area contributed by atoms with Gasteiger partial charge >= 0.3 is 39.9 Å². The van der Waals surface area contributed by atoms with Gasteiger partial charge in [0.25, 0.3) is 0 Å². The standard InChI is InChI=1S/C79H121N25O20S.3CO.Tc/c1-40(2)27-55(60(105)30-44(68(84)112)22-26-125-8)98-76(120)58(32-46-35-86-39-90-46)93-66(111)37-89-78(122)67(42(5)6)101-69(113)43(7)91-75(119)57(29-45-34-87-50-14-10-9-13-48(45)50)100-74(118)54(17-20-62(82)107)97-77(121)59(33-63(83)108)94-65(110)36-88-70(114)56(28-41(3)4)99-71(115)51(15-11-12-23-85-24-25-104-38-47(102-103-104)31-49(80)79(123)124)95-73(117)53(16-19-61(81)106)96-72(116)52-18-21-64(109)92-52;3*1-2;/h9-10,13-14,34-35,38-44,49,51-59,67,85,87H,11-12,15-33,36-37,80H2,1-8H3,(H2,81,106)(H2,82,107)(H2,83,108)(H2,84,112)(H,86,90)(H,88,114)(H,89,122)(H,91,119)(H,92,109)(H,93,111)(H,94,110)(H,95,117)(H,96,116)(H,97,121)(H,98,120)(H,99,115)(H,100,118)(H,101,113)(H,123,124);;;;/t43?,44?,49-,51?,52?,53?,54?,55?,56?,57?,58?,59?,67?;;;;/m0..../s1. The number of carbonyl (C=O) groups is 19. The number of nitrogens with one attached hydrogen (secondary N) is 16. The number of fused-ring (bicyclic) bond motifs is 1. The molecular formula is C82H121N25O23STc. The van der Waals surface area contributed by atoms with Crippen molar-refractivity contribution in [1.29, 1.82) is 0 Å². The number of primary amides is 4. The Bertz CT molecular complexity index is 4560. The first-order valence-corrected chi connectivity index (χ1v) is 43.2. The number of Topliss-reactive ketones (excluding diaryl/α,β-unsaturated/α-hetero) is 1. The van der Waals surface area contributed by atoms with E-state index in [0.717, 1.165) is 0 Å². The number of nitrogens with two attached hydrogens (primary N) is 5. The van der Waals surface area contributed by atoms with Gasteiger partial charge in [0.1, 0.15) is 66.5 Å². The molecule has 725 valence electrons. The summed E-state index contributed by atoms with van der Waals surface area (Å²) < 4.78 is 24.0. The molecule has 1 aliphatic rings. The van der Waals surface area contributed by atoms with Gasteiger partial charge in [-0.1, -0.05) is 65.0 Å². The van der Waals surface area contributed by atoms with Crippen LogP contribution in [0.4, 0.5) is 0 Å². The van der Waals surface area contributed by atoms with E-state index in [4.69, 9.17) is 47.7 Å². The number of amides is 17. The molecule has 50 heteroatoms. The average Bonchev–Trinajstić information content (AvgIpc) is 1.67. The maximum absolute atomic E-state index is 14.7. The van der Waals surface area contributed by atoms with Crippen LogP contribution >= 0.6 is 11.8 Å². The molecule has 4 aromatic rings. The summed E-state index contributed by atoms with van der Waals surface area (Å²) in [7, 11) is 0. The molecular weight excluding hydrogens is 1830 g/mol. The van der Waals surface area contributed by atoms with Gasteiger partial charge in [-0.25, -0.2) is 4.98 Å². The number of para-hydroxylation sites is 1.